The highest BCUT2D eigenvalue weighted by Crippen LogP contribution is 2.20. The summed E-state index contributed by atoms with van der Waals surface area (Å²) in [6.45, 7) is 1.84. The van der Waals surface area contributed by atoms with E-state index in [1.165, 1.54) is 19.4 Å². The van der Waals surface area contributed by atoms with Crippen molar-refractivity contribution in [3.8, 4) is 0 Å². The quantitative estimate of drug-likeness (QED) is 0.694. The number of methoxy groups -OCH3 is 1. The van der Waals surface area contributed by atoms with Gasteiger partial charge in [-0.05, 0) is 18.1 Å². The van der Waals surface area contributed by atoms with Gasteiger partial charge in [0.25, 0.3) is 0 Å². The summed E-state index contributed by atoms with van der Waals surface area (Å²) in [4.78, 5) is 15.0. The zero-order valence-electron chi connectivity index (χ0n) is 8.16. The van der Waals surface area contributed by atoms with Crippen LogP contribution in [0.4, 0.5) is 4.39 Å². The molecule has 0 fully saturated rings. The molecule has 0 saturated heterocycles. The molecule has 1 atom stereocenters. The van der Waals surface area contributed by atoms with E-state index in [-0.39, 0.29) is 5.97 Å². The van der Waals surface area contributed by atoms with Gasteiger partial charge in [0.15, 0.2) is 0 Å². The topological polar surface area (TPSA) is 39.2 Å². The summed E-state index contributed by atoms with van der Waals surface area (Å²) in [7, 11) is 1.32. The summed E-state index contributed by atoms with van der Waals surface area (Å²) >= 11 is 0. The Morgan fingerprint density at radius 1 is 1.64 bits per heavy atom. The average Bonchev–Trinajstić information content (AvgIpc) is 2.19. The molecule has 0 bridgehead atoms. The van der Waals surface area contributed by atoms with Crippen molar-refractivity contribution in [1.29, 1.82) is 0 Å². The minimum atomic E-state index is -0.440. The number of aromatic nitrogens is 1. The summed E-state index contributed by atoms with van der Waals surface area (Å²) in [5.74, 6) is -1.23. The third kappa shape index (κ3) is 2.28. The van der Waals surface area contributed by atoms with Crippen molar-refractivity contribution in [2.45, 2.75) is 19.3 Å². The second-order valence-corrected chi connectivity index (χ2v) is 2.92. The number of carbonyl (C=O) groups excluding carboxylic acids is 1. The van der Waals surface area contributed by atoms with Crippen LogP contribution in [0.3, 0.4) is 0 Å². The van der Waals surface area contributed by atoms with Gasteiger partial charge in [-0.1, -0.05) is 6.92 Å². The van der Waals surface area contributed by atoms with Crippen LogP contribution in [-0.2, 0) is 9.53 Å². The maximum Gasteiger partial charge on any atom is 0.313 e. The molecule has 0 N–H and O–H groups in total. The standard InChI is InChI=1S/C10H12FNO2/c1-3-9(10(13)14-2)7-4-8(11)6-12-5-7/h4-6,9H,3H2,1-2H3. The van der Waals surface area contributed by atoms with Crippen LogP contribution in [-0.4, -0.2) is 18.1 Å². The average molecular weight is 197 g/mol. The second kappa shape index (κ2) is 4.69. The molecule has 0 aliphatic rings. The largest absolute Gasteiger partial charge is 0.469 e. The Kier molecular flexibility index (Phi) is 3.56. The maximum atomic E-state index is 12.8. The van der Waals surface area contributed by atoms with Crippen LogP contribution in [0.1, 0.15) is 24.8 Å². The first kappa shape index (κ1) is 10.6. The molecule has 0 spiro atoms. The Balaban J connectivity index is 2.94. The lowest BCUT2D eigenvalue weighted by atomic mass is 9.98. The summed E-state index contributed by atoms with van der Waals surface area (Å²) in [5.41, 5.74) is 0.555. The van der Waals surface area contributed by atoms with Crippen molar-refractivity contribution in [3.05, 3.63) is 29.8 Å². The Morgan fingerprint density at radius 2 is 2.36 bits per heavy atom. The number of carbonyl (C=O) groups is 1. The number of esters is 1. The first-order chi connectivity index (χ1) is 6.69. The van der Waals surface area contributed by atoms with Crippen LogP contribution in [0.5, 0.6) is 0 Å². The summed E-state index contributed by atoms with van der Waals surface area (Å²) in [5, 5.41) is 0. The van der Waals surface area contributed by atoms with Gasteiger partial charge in [0.2, 0.25) is 0 Å². The Hall–Kier alpha value is -1.45. The van der Waals surface area contributed by atoms with Crippen LogP contribution >= 0.6 is 0 Å². The van der Waals surface area contributed by atoms with Gasteiger partial charge >= 0.3 is 5.97 Å². The lowest BCUT2D eigenvalue weighted by Gasteiger charge is -2.11. The van der Waals surface area contributed by atoms with E-state index >= 15 is 0 Å². The number of hydrogen-bond donors (Lipinski definition) is 0. The third-order valence-electron chi connectivity index (χ3n) is 2.02. The fraction of sp³-hybridized carbons (Fsp3) is 0.400. The van der Waals surface area contributed by atoms with Crippen molar-refractivity contribution in [1.82, 2.24) is 4.98 Å². The molecule has 0 aliphatic heterocycles. The highest BCUT2D eigenvalue weighted by atomic mass is 19.1. The van der Waals surface area contributed by atoms with Crippen molar-refractivity contribution >= 4 is 5.97 Å². The molecular formula is C10H12FNO2. The van der Waals surface area contributed by atoms with Gasteiger partial charge in [0.1, 0.15) is 5.82 Å². The van der Waals surface area contributed by atoms with E-state index in [1.54, 1.807) is 0 Å². The predicted octanol–water partition coefficient (Wildman–Crippen LogP) is 1.89. The lowest BCUT2D eigenvalue weighted by molar-refractivity contribution is -0.142. The third-order valence-corrected chi connectivity index (χ3v) is 2.02. The monoisotopic (exact) mass is 197 g/mol. The predicted molar refractivity (Wildman–Crippen MR) is 49.2 cm³/mol. The van der Waals surface area contributed by atoms with Gasteiger partial charge in [-0.25, -0.2) is 4.39 Å². The lowest BCUT2D eigenvalue weighted by Crippen LogP contribution is -2.13. The molecule has 3 nitrogen and oxygen atoms in total. The molecule has 1 aromatic heterocycles. The van der Waals surface area contributed by atoms with Crippen LogP contribution < -0.4 is 0 Å². The molecule has 1 aromatic rings. The van der Waals surface area contributed by atoms with E-state index in [4.69, 9.17) is 0 Å². The first-order valence-corrected chi connectivity index (χ1v) is 4.37. The normalized spacial score (nSPS) is 12.2. The number of nitrogens with zero attached hydrogens (tertiary/aromatic N) is 1. The van der Waals surface area contributed by atoms with Crippen LogP contribution in [0, 0.1) is 5.82 Å². The van der Waals surface area contributed by atoms with E-state index in [0.717, 1.165) is 6.20 Å². The van der Waals surface area contributed by atoms with E-state index < -0.39 is 11.7 Å². The molecule has 14 heavy (non-hydrogen) atoms. The van der Waals surface area contributed by atoms with Gasteiger partial charge in [-0.15, -0.1) is 0 Å². The molecule has 4 heteroatoms. The molecule has 1 heterocycles. The zero-order valence-corrected chi connectivity index (χ0v) is 8.16. The molecule has 0 aliphatic carbocycles. The molecular weight excluding hydrogens is 185 g/mol. The molecule has 1 rings (SSSR count). The van der Waals surface area contributed by atoms with E-state index in [1.807, 2.05) is 6.92 Å². The Morgan fingerprint density at radius 3 is 2.86 bits per heavy atom. The SMILES string of the molecule is CCC(C(=O)OC)c1cncc(F)c1. The van der Waals surface area contributed by atoms with Gasteiger partial charge in [-0.3, -0.25) is 9.78 Å². The fourth-order valence-electron chi connectivity index (χ4n) is 1.30. The van der Waals surface area contributed by atoms with Crippen molar-refractivity contribution < 1.29 is 13.9 Å². The second-order valence-electron chi connectivity index (χ2n) is 2.92. The van der Waals surface area contributed by atoms with Crippen LogP contribution in [0.25, 0.3) is 0 Å². The maximum absolute atomic E-state index is 12.8. The number of ether oxygens (including phenoxy) is 1. The van der Waals surface area contributed by atoms with Crippen molar-refractivity contribution in [2.24, 2.45) is 0 Å². The van der Waals surface area contributed by atoms with Crippen molar-refractivity contribution in [2.75, 3.05) is 7.11 Å². The zero-order chi connectivity index (χ0) is 10.6. The molecule has 0 saturated carbocycles. The highest BCUT2D eigenvalue weighted by Gasteiger charge is 2.19. The van der Waals surface area contributed by atoms with E-state index in [0.29, 0.717) is 12.0 Å². The number of rotatable bonds is 3. The summed E-state index contributed by atoms with van der Waals surface area (Å²) in [6.07, 6.45) is 3.15. The van der Waals surface area contributed by atoms with Gasteiger partial charge in [-0.2, -0.15) is 0 Å². The van der Waals surface area contributed by atoms with Crippen molar-refractivity contribution in [3.63, 3.8) is 0 Å². The Bertz CT molecular complexity index is 328. The summed E-state index contributed by atoms with van der Waals surface area (Å²) in [6, 6.07) is 1.30. The van der Waals surface area contributed by atoms with Gasteiger partial charge in [0.05, 0.1) is 19.2 Å². The van der Waals surface area contributed by atoms with Crippen LogP contribution in [0.2, 0.25) is 0 Å². The summed E-state index contributed by atoms with van der Waals surface area (Å²) < 4.78 is 17.4. The van der Waals surface area contributed by atoms with E-state index in [2.05, 4.69) is 9.72 Å². The molecule has 0 radical (unpaired) electrons. The fourth-order valence-corrected chi connectivity index (χ4v) is 1.30. The first-order valence-electron chi connectivity index (χ1n) is 4.37. The molecule has 1 unspecified atom stereocenters. The molecule has 0 amide bonds. The minimum absolute atomic E-state index is 0.361. The molecule has 0 aromatic carbocycles. The molecule has 76 valence electrons. The van der Waals surface area contributed by atoms with Crippen LogP contribution in [0.15, 0.2) is 18.5 Å². The minimum Gasteiger partial charge on any atom is -0.469 e. The number of hydrogen-bond acceptors (Lipinski definition) is 3. The number of pyridine rings is 1. The van der Waals surface area contributed by atoms with E-state index in [9.17, 15) is 9.18 Å². The smallest absolute Gasteiger partial charge is 0.313 e. The van der Waals surface area contributed by atoms with Gasteiger partial charge in [0, 0.05) is 6.20 Å². The van der Waals surface area contributed by atoms with Gasteiger partial charge < -0.3 is 4.74 Å². The highest BCUT2D eigenvalue weighted by molar-refractivity contribution is 5.77. The Labute approximate surface area is 81.9 Å². The number of halogens is 1.